The molecule has 0 saturated heterocycles. The summed E-state index contributed by atoms with van der Waals surface area (Å²) in [4.78, 5) is 14.4. The molecule has 62 valence electrons. The van der Waals surface area contributed by atoms with Crippen molar-refractivity contribution in [3.63, 3.8) is 0 Å². The van der Waals surface area contributed by atoms with Gasteiger partial charge in [0, 0.05) is 16.5 Å². The van der Waals surface area contributed by atoms with Gasteiger partial charge < -0.3 is 4.98 Å². The van der Waals surface area contributed by atoms with Crippen molar-refractivity contribution in [2.45, 2.75) is 0 Å². The van der Waals surface area contributed by atoms with Gasteiger partial charge in [-0.15, -0.1) is 0 Å². The Morgan fingerprint density at radius 2 is 1.92 bits per heavy atom. The fourth-order valence-electron chi connectivity index (χ4n) is 1.77. The maximum atomic E-state index is 11.3. The smallest absolute Gasteiger partial charge is 0.202 e. The van der Waals surface area contributed by atoms with E-state index in [1.54, 1.807) is 6.08 Å². The van der Waals surface area contributed by atoms with Crippen molar-refractivity contribution < 1.29 is 4.79 Å². The number of hydrogen-bond donors (Lipinski definition) is 1. The third-order valence-electron chi connectivity index (χ3n) is 2.39. The number of nitrogens with one attached hydrogen (secondary N) is 1. The maximum absolute atomic E-state index is 11.3. The van der Waals surface area contributed by atoms with E-state index in [1.165, 1.54) is 0 Å². The second-order valence-electron chi connectivity index (χ2n) is 3.16. The molecule has 0 bridgehead atoms. The zero-order valence-corrected chi connectivity index (χ0v) is 6.87. The van der Waals surface area contributed by atoms with Gasteiger partial charge in [0.25, 0.3) is 0 Å². The third kappa shape index (κ3) is 0.746. The average Bonchev–Trinajstić information content (AvgIpc) is 2.67. The molecule has 0 atom stereocenters. The van der Waals surface area contributed by atoms with Crippen LogP contribution in [0.25, 0.3) is 17.0 Å². The number of carbonyl (C=O) groups is 1. The molecule has 1 aliphatic rings. The monoisotopic (exact) mass is 169 g/mol. The van der Waals surface area contributed by atoms with Crippen molar-refractivity contribution in [1.82, 2.24) is 4.98 Å². The lowest BCUT2D eigenvalue weighted by atomic mass is 10.1. The quantitative estimate of drug-likeness (QED) is 0.645. The number of ketones is 1. The van der Waals surface area contributed by atoms with Crippen LogP contribution in [0.15, 0.2) is 30.3 Å². The number of rotatable bonds is 0. The van der Waals surface area contributed by atoms with E-state index in [2.05, 4.69) is 4.98 Å². The van der Waals surface area contributed by atoms with Gasteiger partial charge in [-0.05, 0) is 18.2 Å². The number of aromatic nitrogens is 1. The van der Waals surface area contributed by atoms with E-state index in [0.717, 1.165) is 22.2 Å². The lowest BCUT2D eigenvalue weighted by Crippen LogP contribution is -1.89. The third-order valence-corrected chi connectivity index (χ3v) is 2.39. The SMILES string of the molecule is O=C1C=Cc2c1[nH]c1ccccc21. The topological polar surface area (TPSA) is 32.9 Å². The number of hydrogen-bond acceptors (Lipinski definition) is 1. The molecule has 1 aromatic heterocycles. The number of aromatic amines is 1. The van der Waals surface area contributed by atoms with Gasteiger partial charge in [-0.3, -0.25) is 4.79 Å². The van der Waals surface area contributed by atoms with Crippen molar-refractivity contribution in [2.75, 3.05) is 0 Å². The second-order valence-corrected chi connectivity index (χ2v) is 3.16. The van der Waals surface area contributed by atoms with Crippen LogP contribution in [0.3, 0.4) is 0 Å². The summed E-state index contributed by atoms with van der Waals surface area (Å²) in [6.07, 6.45) is 3.48. The summed E-state index contributed by atoms with van der Waals surface area (Å²) in [5.41, 5.74) is 2.78. The van der Waals surface area contributed by atoms with Crippen LogP contribution in [0.2, 0.25) is 0 Å². The highest BCUT2D eigenvalue weighted by Gasteiger charge is 2.18. The average molecular weight is 169 g/mol. The van der Waals surface area contributed by atoms with Crippen molar-refractivity contribution >= 4 is 22.8 Å². The van der Waals surface area contributed by atoms with Gasteiger partial charge in [-0.1, -0.05) is 18.2 Å². The van der Waals surface area contributed by atoms with E-state index >= 15 is 0 Å². The number of carbonyl (C=O) groups excluding carboxylic acids is 1. The Labute approximate surface area is 74.9 Å². The standard InChI is InChI=1S/C11H7NO/c13-10-6-5-8-7-3-1-2-4-9(7)12-11(8)10/h1-6,12H. The molecule has 0 spiro atoms. The fourth-order valence-corrected chi connectivity index (χ4v) is 1.77. The van der Waals surface area contributed by atoms with Gasteiger partial charge in [0.1, 0.15) is 0 Å². The van der Waals surface area contributed by atoms with Crippen LogP contribution in [0.1, 0.15) is 16.1 Å². The van der Waals surface area contributed by atoms with E-state index in [-0.39, 0.29) is 5.78 Å². The summed E-state index contributed by atoms with van der Waals surface area (Å²) in [6.45, 7) is 0. The Morgan fingerprint density at radius 3 is 2.85 bits per heavy atom. The van der Waals surface area contributed by atoms with Crippen LogP contribution in [-0.4, -0.2) is 10.8 Å². The van der Waals surface area contributed by atoms with Crippen LogP contribution >= 0.6 is 0 Å². The van der Waals surface area contributed by atoms with Gasteiger partial charge in [-0.25, -0.2) is 0 Å². The molecule has 0 fully saturated rings. The molecule has 1 aliphatic carbocycles. The van der Waals surface area contributed by atoms with E-state index in [9.17, 15) is 4.79 Å². The molecule has 0 aliphatic heterocycles. The highest BCUT2D eigenvalue weighted by atomic mass is 16.1. The van der Waals surface area contributed by atoms with Crippen LogP contribution in [0.5, 0.6) is 0 Å². The molecule has 13 heavy (non-hydrogen) atoms. The molecule has 1 N–H and O–H groups in total. The van der Waals surface area contributed by atoms with E-state index < -0.39 is 0 Å². The number of H-pyrrole nitrogens is 1. The summed E-state index contributed by atoms with van der Waals surface area (Å²) in [6, 6.07) is 7.94. The predicted octanol–water partition coefficient (Wildman–Crippen LogP) is 2.38. The molecule has 0 amide bonds. The molecule has 3 rings (SSSR count). The Bertz CT molecular complexity index is 534. The van der Waals surface area contributed by atoms with Crippen LogP contribution in [0, 0.1) is 0 Å². The molecular formula is C11H7NO. The van der Waals surface area contributed by atoms with Crippen LogP contribution in [-0.2, 0) is 0 Å². The molecular weight excluding hydrogens is 162 g/mol. The van der Waals surface area contributed by atoms with Crippen molar-refractivity contribution in [1.29, 1.82) is 0 Å². The van der Waals surface area contributed by atoms with Crippen molar-refractivity contribution in [3.8, 4) is 0 Å². The molecule has 2 nitrogen and oxygen atoms in total. The van der Waals surface area contributed by atoms with Gasteiger partial charge in [0.15, 0.2) is 0 Å². The highest BCUT2D eigenvalue weighted by molar-refractivity contribution is 6.17. The number of para-hydroxylation sites is 1. The first-order chi connectivity index (χ1) is 6.36. The fraction of sp³-hybridized carbons (Fsp3) is 0. The molecule has 2 heteroatoms. The Morgan fingerprint density at radius 1 is 1.08 bits per heavy atom. The van der Waals surface area contributed by atoms with E-state index in [1.807, 2.05) is 30.3 Å². The van der Waals surface area contributed by atoms with Crippen LogP contribution in [0.4, 0.5) is 0 Å². The minimum Gasteiger partial charge on any atom is -0.351 e. The minimum absolute atomic E-state index is 0.0752. The normalized spacial score (nSPS) is 14.0. The lowest BCUT2D eigenvalue weighted by Gasteiger charge is -1.87. The Kier molecular flexibility index (Phi) is 1.08. The summed E-state index contributed by atoms with van der Waals surface area (Å²) in [7, 11) is 0. The summed E-state index contributed by atoms with van der Waals surface area (Å²) in [5, 5.41) is 1.12. The Hall–Kier alpha value is -1.83. The number of benzene rings is 1. The summed E-state index contributed by atoms with van der Waals surface area (Å²) < 4.78 is 0. The second kappa shape index (κ2) is 2.10. The summed E-state index contributed by atoms with van der Waals surface area (Å²) >= 11 is 0. The molecule has 1 heterocycles. The molecule has 2 aromatic rings. The first kappa shape index (κ1) is 6.66. The summed E-state index contributed by atoms with van der Waals surface area (Å²) in [5.74, 6) is 0.0752. The highest BCUT2D eigenvalue weighted by Crippen LogP contribution is 2.27. The molecule has 0 radical (unpaired) electrons. The molecule has 0 saturated carbocycles. The lowest BCUT2D eigenvalue weighted by molar-refractivity contribution is 0.104. The van der Waals surface area contributed by atoms with Crippen molar-refractivity contribution in [2.24, 2.45) is 0 Å². The number of allylic oxidation sites excluding steroid dienone is 1. The molecule has 0 unspecified atom stereocenters. The minimum atomic E-state index is 0.0752. The van der Waals surface area contributed by atoms with E-state index in [0.29, 0.717) is 0 Å². The first-order valence-electron chi connectivity index (χ1n) is 4.19. The number of fused-ring (bicyclic) bond motifs is 3. The zero-order chi connectivity index (χ0) is 8.84. The first-order valence-corrected chi connectivity index (χ1v) is 4.19. The molecule has 1 aromatic carbocycles. The van der Waals surface area contributed by atoms with Gasteiger partial charge in [0.05, 0.1) is 5.69 Å². The maximum Gasteiger partial charge on any atom is 0.202 e. The van der Waals surface area contributed by atoms with E-state index in [4.69, 9.17) is 0 Å². The Balaban J connectivity index is 2.51. The zero-order valence-electron chi connectivity index (χ0n) is 6.87. The van der Waals surface area contributed by atoms with Gasteiger partial charge in [0.2, 0.25) is 5.78 Å². The largest absolute Gasteiger partial charge is 0.351 e. The van der Waals surface area contributed by atoms with Crippen LogP contribution < -0.4 is 0 Å². The van der Waals surface area contributed by atoms with Gasteiger partial charge >= 0.3 is 0 Å². The van der Waals surface area contributed by atoms with Crippen molar-refractivity contribution in [3.05, 3.63) is 41.6 Å². The predicted molar refractivity (Wildman–Crippen MR) is 51.7 cm³/mol. The van der Waals surface area contributed by atoms with Gasteiger partial charge in [-0.2, -0.15) is 0 Å².